The van der Waals surface area contributed by atoms with Gasteiger partial charge < -0.3 is 20.9 Å². The Balaban J connectivity index is 0.00000341. The van der Waals surface area contributed by atoms with Crippen LogP contribution >= 0.6 is 12.4 Å². The van der Waals surface area contributed by atoms with Gasteiger partial charge in [0.15, 0.2) is 0 Å². The van der Waals surface area contributed by atoms with Crippen molar-refractivity contribution >= 4 is 18.2 Å². The number of anilines is 1. The Morgan fingerprint density at radius 1 is 1.23 bits per heavy atom. The molecule has 0 unspecified atom stereocenters. The fourth-order valence-electron chi connectivity index (χ4n) is 4.08. The molecule has 1 fully saturated rings. The number of hydrogen-bond donors (Lipinski definition) is 3. The highest BCUT2D eigenvalue weighted by atomic mass is 35.5. The van der Waals surface area contributed by atoms with E-state index in [0.717, 1.165) is 44.3 Å². The third-order valence-corrected chi connectivity index (χ3v) is 5.73. The number of aromatic nitrogens is 1. The van der Waals surface area contributed by atoms with Crippen LogP contribution in [0.5, 0.6) is 11.5 Å². The molecule has 0 radical (unpaired) electrons. The topological polar surface area (TPSA) is 104 Å². The molecule has 2 heterocycles. The molecule has 0 bridgehead atoms. The van der Waals surface area contributed by atoms with Gasteiger partial charge in [-0.25, -0.2) is 4.98 Å². The first kappa shape index (κ1) is 24.8. The summed E-state index contributed by atoms with van der Waals surface area (Å²) in [7, 11) is 0. The lowest BCUT2D eigenvalue weighted by atomic mass is 9.86. The number of phenols is 1. The smallest absolute Gasteiger partial charge is 0.142 e. The van der Waals surface area contributed by atoms with Crippen molar-refractivity contribution in [3.05, 3.63) is 35.4 Å². The summed E-state index contributed by atoms with van der Waals surface area (Å²) in [6.45, 7) is 4.61. The highest BCUT2D eigenvalue weighted by molar-refractivity contribution is 5.85. The van der Waals surface area contributed by atoms with Gasteiger partial charge in [0.2, 0.25) is 0 Å². The maximum absolute atomic E-state index is 10.6. The van der Waals surface area contributed by atoms with E-state index in [1.54, 1.807) is 12.1 Å². The Morgan fingerprint density at radius 3 is 2.68 bits per heavy atom. The number of aromatic hydroxyl groups is 1. The molecule has 1 aliphatic heterocycles. The van der Waals surface area contributed by atoms with Crippen LogP contribution in [0.2, 0.25) is 0 Å². The molecule has 0 spiro atoms. The van der Waals surface area contributed by atoms with E-state index < -0.39 is 0 Å². The molecule has 168 valence electrons. The minimum absolute atomic E-state index is 0. The fraction of sp³-hybridized carbons (Fsp3) is 0.500. The van der Waals surface area contributed by atoms with E-state index in [-0.39, 0.29) is 29.9 Å². The molecule has 0 saturated carbocycles. The largest absolute Gasteiger partial charge is 0.507 e. The van der Waals surface area contributed by atoms with Gasteiger partial charge in [-0.1, -0.05) is 38.7 Å². The third-order valence-electron chi connectivity index (χ3n) is 5.73. The van der Waals surface area contributed by atoms with Crippen molar-refractivity contribution < 1.29 is 9.84 Å². The molecular formula is C24H33ClN4O2. The van der Waals surface area contributed by atoms with Crippen LogP contribution in [0.3, 0.4) is 0 Å². The molecule has 0 aliphatic carbocycles. The number of benzene rings is 1. The number of rotatable bonds is 9. The molecule has 1 aromatic carbocycles. The number of ether oxygens (including phenoxy) is 1. The predicted octanol–water partition coefficient (Wildman–Crippen LogP) is 5.15. The minimum atomic E-state index is 0. The van der Waals surface area contributed by atoms with E-state index in [2.05, 4.69) is 23.3 Å². The lowest BCUT2D eigenvalue weighted by molar-refractivity contribution is 0.304. The molecular weight excluding hydrogens is 412 g/mol. The first-order chi connectivity index (χ1) is 14.7. The predicted molar refractivity (Wildman–Crippen MR) is 127 cm³/mol. The molecule has 4 N–H and O–H groups in total. The fourth-order valence-corrected chi connectivity index (χ4v) is 4.08. The minimum Gasteiger partial charge on any atom is -0.507 e. The van der Waals surface area contributed by atoms with Crippen LogP contribution in [-0.4, -0.2) is 29.8 Å². The van der Waals surface area contributed by atoms with Crippen LogP contribution in [0.1, 0.15) is 68.9 Å². The summed E-state index contributed by atoms with van der Waals surface area (Å²) in [5, 5.41) is 23.6. The highest BCUT2D eigenvalue weighted by Gasteiger charge is 2.23. The lowest BCUT2D eigenvalue weighted by Crippen LogP contribution is -2.27. The second-order valence-electron chi connectivity index (χ2n) is 7.91. The van der Waals surface area contributed by atoms with Crippen molar-refractivity contribution in [2.24, 2.45) is 0 Å². The Morgan fingerprint density at radius 2 is 1.97 bits per heavy atom. The summed E-state index contributed by atoms with van der Waals surface area (Å²) in [5.41, 5.74) is 8.62. The van der Waals surface area contributed by atoms with E-state index in [1.807, 2.05) is 12.1 Å². The Labute approximate surface area is 191 Å². The SMILES string of the molecule is CCCCCCCOc1cccc(O)c1-c1cc(C2CCNCC2)c(C#N)c(N)n1.Cl. The maximum Gasteiger partial charge on any atom is 0.142 e. The number of unbranched alkanes of at least 4 members (excludes halogenated alkanes) is 4. The van der Waals surface area contributed by atoms with Gasteiger partial charge in [-0.3, -0.25) is 0 Å². The zero-order chi connectivity index (χ0) is 21.3. The van der Waals surface area contributed by atoms with E-state index in [4.69, 9.17) is 10.5 Å². The van der Waals surface area contributed by atoms with Gasteiger partial charge in [0, 0.05) is 0 Å². The molecule has 31 heavy (non-hydrogen) atoms. The van der Waals surface area contributed by atoms with Crippen LogP contribution in [0.25, 0.3) is 11.3 Å². The van der Waals surface area contributed by atoms with Crippen molar-refractivity contribution in [1.29, 1.82) is 5.26 Å². The standard InChI is InChI=1S/C24H32N4O2.ClH/c1-2-3-4-5-6-14-30-22-9-7-8-21(29)23(22)20-15-18(17-10-12-27-13-11-17)19(16-25)24(26)28-20;/h7-9,15,17,27,29H,2-6,10-14H2,1H3,(H2,26,28);1H. The molecule has 1 aliphatic rings. The zero-order valence-electron chi connectivity index (χ0n) is 18.2. The van der Waals surface area contributed by atoms with Gasteiger partial charge in [-0.15, -0.1) is 12.4 Å². The second-order valence-corrected chi connectivity index (χ2v) is 7.91. The van der Waals surface area contributed by atoms with Crippen molar-refractivity contribution in [3.8, 4) is 28.8 Å². The van der Waals surface area contributed by atoms with Gasteiger partial charge in [0.25, 0.3) is 0 Å². The van der Waals surface area contributed by atoms with Gasteiger partial charge in [0.05, 0.1) is 23.4 Å². The maximum atomic E-state index is 10.6. The van der Waals surface area contributed by atoms with E-state index in [9.17, 15) is 10.4 Å². The van der Waals surface area contributed by atoms with E-state index in [1.165, 1.54) is 19.3 Å². The number of nitrogen functional groups attached to an aromatic ring is 1. The second kappa shape index (κ2) is 12.4. The van der Waals surface area contributed by atoms with Gasteiger partial charge in [-0.05, 0) is 62.0 Å². The third kappa shape index (κ3) is 6.25. The van der Waals surface area contributed by atoms with Crippen LogP contribution in [-0.2, 0) is 0 Å². The van der Waals surface area contributed by atoms with Crippen molar-refractivity contribution in [3.63, 3.8) is 0 Å². The first-order valence-corrected chi connectivity index (χ1v) is 11.0. The number of nitriles is 1. The molecule has 7 heteroatoms. The summed E-state index contributed by atoms with van der Waals surface area (Å²) in [5.74, 6) is 1.15. The van der Waals surface area contributed by atoms with Crippen LogP contribution in [0.15, 0.2) is 24.3 Å². The summed E-state index contributed by atoms with van der Waals surface area (Å²) < 4.78 is 6.02. The Hall–Kier alpha value is -2.49. The Bertz CT molecular complexity index is 892. The molecule has 0 amide bonds. The molecule has 2 aromatic rings. The number of halogens is 1. The summed E-state index contributed by atoms with van der Waals surface area (Å²) >= 11 is 0. The highest BCUT2D eigenvalue weighted by Crippen LogP contribution is 2.40. The van der Waals surface area contributed by atoms with Gasteiger partial charge in [0.1, 0.15) is 23.4 Å². The average molecular weight is 445 g/mol. The summed E-state index contributed by atoms with van der Waals surface area (Å²) in [6.07, 6.45) is 7.65. The van der Waals surface area contributed by atoms with Crippen molar-refractivity contribution in [1.82, 2.24) is 10.3 Å². The quantitative estimate of drug-likeness (QED) is 0.462. The first-order valence-electron chi connectivity index (χ1n) is 11.0. The number of nitrogens with zero attached hydrogens (tertiary/aromatic N) is 2. The number of nitrogens with one attached hydrogen (secondary N) is 1. The van der Waals surface area contributed by atoms with E-state index >= 15 is 0 Å². The number of hydrogen-bond acceptors (Lipinski definition) is 6. The molecule has 3 rings (SSSR count). The Kier molecular flexibility index (Phi) is 9.90. The number of phenolic OH excluding ortho intramolecular Hbond substituents is 1. The summed E-state index contributed by atoms with van der Waals surface area (Å²) in [6, 6.07) is 9.38. The molecule has 0 atom stereocenters. The zero-order valence-corrected chi connectivity index (χ0v) is 19.0. The normalized spacial score (nSPS) is 13.9. The van der Waals surface area contributed by atoms with Crippen molar-refractivity contribution in [2.45, 2.75) is 57.8 Å². The lowest BCUT2D eigenvalue weighted by Gasteiger charge is -2.25. The van der Waals surface area contributed by atoms with E-state index in [0.29, 0.717) is 29.2 Å². The molecule has 1 saturated heterocycles. The number of pyridine rings is 1. The van der Waals surface area contributed by atoms with Crippen LogP contribution in [0.4, 0.5) is 5.82 Å². The molecule has 1 aromatic heterocycles. The van der Waals surface area contributed by atoms with Crippen LogP contribution in [0, 0.1) is 11.3 Å². The van der Waals surface area contributed by atoms with Gasteiger partial charge in [-0.2, -0.15) is 5.26 Å². The number of nitrogens with two attached hydrogens (primary N) is 1. The van der Waals surface area contributed by atoms with Gasteiger partial charge >= 0.3 is 0 Å². The molecule has 6 nitrogen and oxygen atoms in total. The average Bonchev–Trinajstić information content (AvgIpc) is 2.76. The van der Waals surface area contributed by atoms with Crippen molar-refractivity contribution in [2.75, 3.05) is 25.4 Å². The monoisotopic (exact) mass is 444 g/mol. The summed E-state index contributed by atoms with van der Waals surface area (Å²) in [4.78, 5) is 4.46. The number of piperidine rings is 1. The van der Waals surface area contributed by atoms with Crippen LogP contribution < -0.4 is 15.8 Å².